The standard InChI is InChI=1S/C12H16ClNO2S/c1-6-5-17-10(9(6)13)11(16)14-7-4-8(15)12(7,2)3/h5,7-8,15H,4H2,1-3H3,(H,14,16). The summed E-state index contributed by atoms with van der Waals surface area (Å²) in [6, 6.07) is 0.0171. The van der Waals surface area contributed by atoms with Crippen LogP contribution in [-0.2, 0) is 0 Å². The molecule has 2 atom stereocenters. The van der Waals surface area contributed by atoms with E-state index in [1.807, 2.05) is 26.2 Å². The molecular weight excluding hydrogens is 258 g/mol. The molecule has 0 radical (unpaired) electrons. The molecule has 0 spiro atoms. The highest BCUT2D eigenvalue weighted by Gasteiger charge is 2.48. The molecule has 0 aromatic carbocycles. The fourth-order valence-electron chi connectivity index (χ4n) is 1.95. The number of hydrogen-bond donors (Lipinski definition) is 2. The molecule has 5 heteroatoms. The Morgan fingerprint density at radius 3 is 2.71 bits per heavy atom. The van der Waals surface area contributed by atoms with Crippen LogP contribution in [0.5, 0.6) is 0 Å². The highest BCUT2D eigenvalue weighted by molar-refractivity contribution is 7.13. The van der Waals surface area contributed by atoms with Gasteiger partial charge in [0.15, 0.2) is 0 Å². The van der Waals surface area contributed by atoms with Crippen molar-refractivity contribution in [2.75, 3.05) is 0 Å². The van der Waals surface area contributed by atoms with Gasteiger partial charge in [-0.05, 0) is 24.3 Å². The van der Waals surface area contributed by atoms with E-state index in [-0.39, 0.29) is 23.5 Å². The predicted octanol–water partition coefficient (Wildman–Crippen LogP) is 2.60. The zero-order valence-corrected chi connectivity index (χ0v) is 11.7. The smallest absolute Gasteiger partial charge is 0.263 e. The summed E-state index contributed by atoms with van der Waals surface area (Å²) in [6.45, 7) is 5.79. The van der Waals surface area contributed by atoms with Gasteiger partial charge in [0.05, 0.1) is 11.1 Å². The first kappa shape index (κ1) is 12.9. The van der Waals surface area contributed by atoms with Gasteiger partial charge in [-0.2, -0.15) is 0 Å². The molecule has 1 saturated carbocycles. The second-order valence-electron chi connectivity index (χ2n) is 5.16. The van der Waals surface area contributed by atoms with Gasteiger partial charge in [-0.15, -0.1) is 11.3 Å². The Balaban J connectivity index is 2.06. The van der Waals surface area contributed by atoms with Crippen LogP contribution in [0.25, 0.3) is 0 Å². The maximum Gasteiger partial charge on any atom is 0.263 e. The van der Waals surface area contributed by atoms with E-state index in [1.54, 1.807) is 0 Å². The molecule has 17 heavy (non-hydrogen) atoms. The Hall–Kier alpha value is -0.580. The highest BCUT2D eigenvalue weighted by atomic mass is 35.5. The van der Waals surface area contributed by atoms with Gasteiger partial charge in [-0.3, -0.25) is 4.79 Å². The molecule has 1 aromatic heterocycles. The minimum absolute atomic E-state index is 0.0171. The number of nitrogens with one attached hydrogen (secondary N) is 1. The number of amides is 1. The van der Waals surface area contributed by atoms with Gasteiger partial charge < -0.3 is 10.4 Å². The zero-order valence-electron chi connectivity index (χ0n) is 10.1. The number of carbonyl (C=O) groups is 1. The van der Waals surface area contributed by atoms with E-state index in [2.05, 4.69) is 5.32 Å². The van der Waals surface area contributed by atoms with Crippen LogP contribution in [0.3, 0.4) is 0 Å². The highest BCUT2D eigenvalue weighted by Crippen LogP contribution is 2.40. The minimum Gasteiger partial charge on any atom is -0.392 e. The predicted molar refractivity (Wildman–Crippen MR) is 69.7 cm³/mol. The maximum absolute atomic E-state index is 12.0. The fourth-order valence-corrected chi connectivity index (χ4v) is 3.14. The van der Waals surface area contributed by atoms with Crippen LogP contribution in [0.4, 0.5) is 0 Å². The van der Waals surface area contributed by atoms with Gasteiger partial charge in [0.25, 0.3) is 5.91 Å². The van der Waals surface area contributed by atoms with Gasteiger partial charge in [0.2, 0.25) is 0 Å². The summed E-state index contributed by atoms with van der Waals surface area (Å²) in [5.41, 5.74) is 0.670. The molecule has 2 N–H and O–H groups in total. The second kappa shape index (κ2) is 4.26. The van der Waals surface area contributed by atoms with E-state index in [9.17, 15) is 9.90 Å². The topological polar surface area (TPSA) is 49.3 Å². The number of hydrogen-bond acceptors (Lipinski definition) is 3. The number of carbonyl (C=O) groups excluding carboxylic acids is 1. The molecule has 0 bridgehead atoms. The molecule has 3 nitrogen and oxygen atoms in total. The van der Waals surface area contributed by atoms with E-state index >= 15 is 0 Å². The van der Waals surface area contributed by atoms with Crippen molar-refractivity contribution in [1.29, 1.82) is 0 Å². The van der Waals surface area contributed by atoms with Crippen molar-refractivity contribution in [3.05, 3.63) is 20.8 Å². The molecule has 0 aliphatic heterocycles. The van der Waals surface area contributed by atoms with Crippen molar-refractivity contribution in [1.82, 2.24) is 5.32 Å². The third-order valence-electron chi connectivity index (χ3n) is 3.63. The molecule has 1 fully saturated rings. The lowest BCUT2D eigenvalue weighted by Gasteiger charge is -2.49. The quantitative estimate of drug-likeness (QED) is 0.870. The van der Waals surface area contributed by atoms with Gasteiger partial charge in [-0.1, -0.05) is 25.4 Å². The van der Waals surface area contributed by atoms with Crippen molar-refractivity contribution in [3.63, 3.8) is 0 Å². The lowest BCUT2D eigenvalue weighted by atomic mass is 9.64. The van der Waals surface area contributed by atoms with Crippen LogP contribution in [0.15, 0.2) is 5.38 Å². The zero-order chi connectivity index (χ0) is 12.8. The lowest BCUT2D eigenvalue weighted by molar-refractivity contribution is -0.0689. The molecule has 0 saturated heterocycles. The van der Waals surface area contributed by atoms with Crippen molar-refractivity contribution >= 4 is 28.8 Å². The summed E-state index contributed by atoms with van der Waals surface area (Å²) in [5.74, 6) is -0.141. The van der Waals surface area contributed by atoms with Crippen molar-refractivity contribution in [2.45, 2.75) is 39.3 Å². The third kappa shape index (κ3) is 2.09. The third-order valence-corrected chi connectivity index (χ3v) is 5.32. The molecular formula is C12H16ClNO2S. The summed E-state index contributed by atoms with van der Waals surface area (Å²) in [6.07, 6.45) is 0.272. The normalized spacial score (nSPS) is 26.4. The van der Waals surface area contributed by atoms with Crippen LogP contribution in [0.2, 0.25) is 5.02 Å². The van der Waals surface area contributed by atoms with Crippen LogP contribution in [0, 0.1) is 12.3 Å². The van der Waals surface area contributed by atoms with Crippen LogP contribution < -0.4 is 5.32 Å². The Labute approximate surface area is 110 Å². The number of aliphatic hydroxyl groups excluding tert-OH is 1. The average molecular weight is 274 g/mol. The number of halogens is 1. The first-order valence-corrected chi connectivity index (χ1v) is 6.82. The minimum atomic E-state index is -0.339. The van der Waals surface area contributed by atoms with Crippen LogP contribution in [-0.4, -0.2) is 23.2 Å². The van der Waals surface area contributed by atoms with Gasteiger partial charge in [-0.25, -0.2) is 0 Å². The molecule has 1 heterocycles. The number of rotatable bonds is 2. The fraction of sp³-hybridized carbons (Fsp3) is 0.583. The summed E-state index contributed by atoms with van der Waals surface area (Å²) in [5, 5.41) is 15.0. The van der Waals surface area contributed by atoms with E-state index in [0.29, 0.717) is 16.3 Å². The van der Waals surface area contributed by atoms with Gasteiger partial charge in [0, 0.05) is 11.5 Å². The Kier molecular flexibility index (Phi) is 3.23. The number of aryl methyl sites for hydroxylation is 1. The van der Waals surface area contributed by atoms with Crippen molar-refractivity contribution in [2.24, 2.45) is 5.41 Å². The number of aliphatic hydroxyl groups is 1. The van der Waals surface area contributed by atoms with E-state index in [4.69, 9.17) is 11.6 Å². The molecule has 1 amide bonds. The van der Waals surface area contributed by atoms with Gasteiger partial charge >= 0.3 is 0 Å². The van der Waals surface area contributed by atoms with Crippen LogP contribution in [0.1, 0.15) is 35.5 Å². The molecule has 1 aliphatic rings. The molecule has 2 rings (SSSR count). The summed E-state index contributed by atoms with van der Waals surface area (Å²) >= 11 is 7.40. The number of thiophene rings is 1. The molecule has 1 aliphatic carbocycles. The lowest BCUT2D eigenvalue weighted by Crippen LogP contribution is -2.61. The first-order valence-electron chi connectivity index (χ1n) is 5.56. The Bertz CT molecular complexity index is 455. The maximum atomic E-state index is 12.0. The second-order valence-corrected chi connectivity index (χ2v) is 6.42. The Morgan fingerprint density at radius 2 is 2.29 bits per heavy atom. The molecule has 1 aromatic rings. The van der Waals surface area contributed by atoms with E-state index < -0.39 is 0 Å². The average Bonchev–Trinajstić information content (AvgIpc) is 2.59. The van der Waals surface area contributed by atoms with Gasteiger partial charge in [0.1, 0.15) is 4.88 Å². The SMILES string of the molecule is Cc1csc(C(=O)NC2CC(O)C2(C)C)c1Cl. The monoisotopic (exact) mass is 273 g/mol. The van der Waals surface area contributed by atoms with Crippen molar-refractivity contribution in [3.8, 4) is 0 Å². The Morgan fingerprint density at radius 1 is 1.65 bits per heavy atom. The first-order chi connectivity index (χ1) is 7.84. The van der Waals surface area contributed by atoms with E-state index in [0.717, 1.165) is 5.56 Å². The summed E-state index contributed by atoms with van der Waals surface area (Å²) < 4.78 is 0. The summed E-state index contributed by atoms with van der Waals surface area (Å²) in [7, 11) is 0. The van der Waals surface area contributed by atoms with Crippen molar-refractivity contribution < 1.29 is 9.90 Å². The largest absolute Gasteiger partial charge is 0.392 e. The van der Waals surface area contributed by atoms with Crippen LogP contribution >= 0.6 is 22.9 Å². The molecule has 94 valence electrons. The summed E-state index contributed by atoms with van der Waals surface area (Å²) in [4.78, 5) is 12.6. The molecule has 2 unspecified atom stereocenters. The van der Waals surface area contributed by atoms with E-state index in [1.165, 1.54) is 11.3 Å².